The minimum absolute atomic E-state index is 0.0375. The molecule has 1 N–H and O–H groups in total. The van der Waals surface area contributed by atoms with Crippen LogP contribution in [0.3, 0.4) is 0 Å². The Hall–Kier alpha value is -1.19. The maximum Gasteiger partial charge on any atom is 0.316 e. The van der Waals surface area contributed by atoms with Crippen LogP contribution in [0.5, 0.6) is 0 Å². The number of esters is 1. The normalized spacial score (nSPS) is 10.0. The van der Waals surface area contributed by atoms with Gasteiger partial charge in [-0.05, 0) is 0 Å². The number of carbonyl (C=O) groups excluding carboxylic acids is 2. The van der Waals surface area contributed by atoms with Gasteiger partial charge in [-0.15, -0.1) is 10.2 Å². The Morgan fingerprint density at radius 2 is 2.18 bits per heavy atom. The number of methoxy groups -OCH3 is 2. The lowest BCUT2D eigenvalue weighted by Crippen LogP contribution is -2.16. The van der Waals surface area contributed by atoms with Crippen LogP contribution >= 0.6 is 23.1 Å². The van der Waals surface area contributed by atoms with Gasteiger partial charge < -0.3 is 9.47 Å². The molecule has 0 unspecified atom stereocenters. The lowest BCUT2D eigenvalue weighted by atomic mass is 10.6. The van der Waals surface area contributed by atoms with Crippen LogP contribution in [0.1, 0.15) is 0 Å². The molecule has 0 aliphatic heterocycles. The van der Waals surface area contributed by atoms with Crippen LogP contribution < -0.4 is 5.32 Å². The predicted molar refractivity (Wildman–Crippen MR) is 63.2 cm³/mol. The summed E-state index contributed by atoms with van der Waals surface area (Å²) in [6.45, 7) is -0.0375. The second kappa shape index (κ2) is 7.20. The van der Waals surface area contributed by atoms with E-state index in [0.717, 1.165) is 0 Å². The zero-order valence-corrected chi connectivity index (χ0v) is 10.9. The molecule has 0 aliphatic carbocycles. The molecule has 1 aromatic heterocycles. The van der Waals surface area contributed by atoms with Gasteiger partial charge >= 0.3 is 5.97 Å². The van der Waals surface area contributed by atoms with E-state index in [1.807, 2.05) is 0 Å². The average Bonchev–Trinajstić information content (AvgIpc) is 2.74. The zero-order chi connectivity index (χ0) is 12.7. The molecule has 0 fully saturated rings. The molecule has 0 bridgehead atoms. The van der Waals surface area contributed by atoms with Gasteiger partial charge in [-0.25, -0.2) is 0 Å². The third-order valence-electron chi connectivity index (χ3n) is 1.47. The molecule has 17 heavy (non-hydrogen) atoms. The van der Waals surface area contributed by atoms with Crippen molar-refractivity contribution in [3.8, 4) is 0 Å². The summed E-state index contributed by atoms with van der Waals surface area (Å²) in [4.78, 5) is 22.0. The summed E-state index contributed by atoms with van der Waals surface area (Å²) in [5, 5.41) is 10.4. The van der Waals surface area contributed by atoms with Crippen molar-refractivity contribution in [1.82, 2.24) is 10.2 Å². The molecule has 0 radical (unpaired) electrons. The molecule has 1 aromatic rings. The Morgan fingerprint density at radius 3 is 2.82 bits per heavy atom. The highest BCUT2D eigenvalue weighted by molar-refractivity contribution is 8.01. The molecule has 1 heterocycles. The highest BCUT2D eigenvalue weighted by Crippen LogP contribution is 2.25. The summed E-state index contributed by atoms with van der Waals surface area (Å²) < 4.78 is 9.73. The van der Waals surface area contributed by atoms with Crippen molar-refractivity contribution in [3.05, 3.63) is 0 Å². The maximum absolute atomic E-state index is 11.2. The lowest BCUT2D eigenvalue weighted by molar-refractivity contribution is -0.137. The van der Waals surface area contributed by atoms with E-state index < -0.39 is 0 Å². The summed E-state index contributed by atoms with van der Waals surface area (Å²) in [6, 6.07) is 0. The van der Waals surface area contributed by atoms with Crippen LogP contribution in [0, 0.1) is 0 Å². The highest BCUT2D eigenvalue weighted by atomic mass is 32.2. The van der Waals surface area contributed by atoms with Gasteiger partial charge in [0, 0.05) is 7.11 Å². The van der Waals surface area contributed by atoms with E-state index in [4.69, 9.17) is 0 Å². The molecular formula is C8H11N3O4S2. The van der Waals surface area contributed by atoms with Crippen molar-refractivity contribution in [2.75, 3.05) is 31.9 Å². The first kappa shape index (κ1) is 13.9. The number of amides is 1. The van der Waals surface area contributed by atoms with E-state index in [1.54, 1.807) is 0 Å². The Kier molecular flexibility index (Phi) is 5.87. The Labute approximate surface area is 106 Å². The Bertz CT molecular complexity index is 396. The van der Waals surface area contributed by atoms with Gasteiger partial charge in [-0.1, -0.05) is 23.1 Å². The van der Waals surface area contributed by atoms with Gasteiger partial charge in [0.2, 0.25) is 5.13 Å². The summed E-state index contributed by atoms with van der Waals surface area (Å²) >= 11 is 2.39. The van der Waals surface area contributed by atoms with E-state index in [-0.39, 0.29) is 24.2 Å². The molecule has 7 nitrogen and oxygen atoms in total. The minimum atomic E-state index is -0.338. The van der Waals surface area contributed by atoms with Crippen LogP contribution in [0.15, 0.2) is 4.34 Å². The third kappa shape index (κ3) is 5.11. The van der Waals surface area contributed by atoms with Crippen molar-refractivity contribution < 1.29 is 19.1 Å². The summed E-state index contributed by atoms with van der Waals surface area (Å²) in [5.74, 6) is -0.472. The molecule has 1 rings (SSSR count). The molecule has 0 spiro atoms. The molecule has 0 atom stereocenters. The van der Waals surface area contributed by atoms with E-state index >= 15 is 0 Å². The zero-order valence-electron chi connectivity index (χ0n) is 9.26. The van der Waals surface area contributed by atoms with Crippen molar-refractivity contribution in [2.45, 2.75) is 4.34 Å². The van der Waals surface area contributed by atoms with Crippen LogP contribution in [0.4, 0.5) is 5.13 Å². The van der Waals surface area contributed by atoms with Crippen LogP contribution in [0.2, 0.25) is 0 Å². The van der Waals surface area contributed by atoms with Gasteiger partial charge in [-0.3, -0.25) is 14.9 Å². The Balaban J connectivity index is 2.42. The highest BCUT2D eigenvalue weighted by Gasteiger charge is 2.10. The first-order chi connectivity index (χ1) is 8.15. The summed E-state index contributed by atoms with van der Waals surface area (Å²) in [6.07, 6.45) is 0. The van der Waals surface area contributed by atoms with Gasteiger partial charge in [0.15, 0.2) is 4.34 Å². The summed E-state index contributed by atoms with van der Waals surface area (Å²) in [7, 11) is 2.75. The fourth-order valence-electron chi connectivity index (χ4n) is 0.785. The number of hydrogen-bond acceptors (Lipinski definition) is 8. The second-order valence-electron chi connectivity index (χ2n) is 2.72. The first-order valence-corrected chi connectivity index (χ1v) is 6.28. The number of nitrogens with one attached hydrogen (secondary N) is 1. The van der Waals surface area contributed by atoms with Crippen LogP contribution in [-0.2, 0) is 19.1 Å². The van der Waals surface area contributed by atoms with E-state index in [2.05, 4.69) is 25.0 Å². The third-order valence-corrected chi connectivity index (χ3v) is 3.41. The second-order valence-corrected chi connectivity index (χ2v) is 4.92. The topological polar surface area (TPSA) is 90.4 Å². The molecule has 94 valence electrons. The molecule has 0 aliphatic rings. The number of ether oxygens (including phenoxy) is 2. The van der Waals surface area contributed by atoms with Gasteiger partial charge in [-0.2, -0.15) is 0 Å². The molecule has 9 heteroatoms. The van der Waals surface area contributed by atoms with Gasteiger partial charge in [0.25, 0.3) is 5.91 Å². The monoisotopic (exact) mass is 277 g/mol. The van der Waals surface area contributed by atoms with Crippen molar-refractivity contribution in [1.29, 1.82) is 0 Å². The first-order valence-electron chi connectivity index (χ1n) is 4.47. The van der Waals surface area contributed by atoms with E-state index in [0.29, 0.717) is 9.47 Å². The average molecular weight is 277 g/mol. The Morgan fingerprint density at radius 1 is 1.41 bits per heavy atom. The number of rotatable bonds is 6. The molecule has 1 amide bonds. The quantitative estimate of drug-likeness (QED) is 0.457. The number of hydrogen-bond donors (Lipinski definition) is 1. The predicted octanol–water partition coefficient (Wildman–Crippen LogP) is 0.388. The number of anilines is 1. The SMILES string of the molecule is COCC(=O)Nc1nnc(SCC(=O)OC)s1. The molecule has 0 saturated carbocycles. The van der Waals surface area contributed by atoms with Crippen molar-refractivity contribution in [2.24, 2.45) is 0 Å². The molecular weight excluding hydrogens is 266 g/mol. The smallest absolute Gasteiger partial charge is 0.316 e. The van der Waals surface area contributed by atoms with Crippen LogP contribution in [0.25, 0.3) is 0 Å². The molecule has 0 aromatic carbocycles. The largest absolute Gasteiger partial charge is 0.468 e. The van der Waals surface area contributed by atoms with E-state index in [1.165, 1.54) is 37.3 Å². The van der Waals surface area contributed by atoms with Gasteiger partial charge in [0.05, 0.1) is 12.9 Å². The molecule has 0 saturated heterocycles. The summed E-state index contributed by atoms with van der Waals surface area (Å²) in [5.41, 5.74) is 0. The van der Waals surface area contributed by atoms with Crippen molar-refractivity contribution >= 4 is 40.1 Å². The minimum Gasteiger partial charge on any atom is -0.468 e. The van der Waals surface area contributed by atoms with Crippen LogP contribution in [-0.4, -0.2) is 48.7 Å². The fraction of sp³-hybridized carbons (Fsp3) is 0.500. The van der Waals surface area contributed by atoms with Crippen molar-refractivity contribution in [3.63, 3.8) is 0 Å². The number of aromatic nitrogens is 2. The fourth-order valence-corrected chi connectivity index (χ4v) is 2.39. The number of carbonyl (C=O) groups is 2. The standard InChI is InChI=1S/C8H11N3O4S2/c1-14-3-5(12)9-7-10-11-8(17-7)16-4-6(13)15-2/h3-4H2,1-2H3,(H,9,10,12). The number of thioether (sulfide) groups is 1. The van der Waals surface area contributed by atoms with E-state index in [9.17, 15) is 9.59 Å². The van der Waals surface area contributed by atoms with Gasteiger partial charge in [0.1, 0.15) is 6.61 Å². The maximum atomic E-state index is 11.2. The number of nitrogens with zero attached hydrogens (tertiary/aromatic N) is 2. The lowest BCUT2D eigenvalue weighted by Gasteiger charge is -1.97.